The zero-order valence-electron chi connectivity index (χ0n) is 19.9. The second-order valence-corrected chi connectivity index (χ2v) is 8.36. The molecule has 0 saturated heterocycles. The van der Waals surface area contributed by atoms with E-state index in [4.69, 9.17) is 14.2 Å². The van der Waals surface area contributed by atoms with Crippen molar-refractivity contribution < 1.29 is 28.2 Å². The zero-order chi connectivity index (χ0) is 26.0. The molecule has 188 valence electrons. The molecule has 3 heterocycles. The highest BCUT2D eigenvalue weighted by atomic mass is 19.1. The first kappa shape index (κ1) is 23.9. The molecule has 2 amide bonds. The fourth-order valence-corrected chi connectivity index (χ4v) is 3.73. The Hall–Kier alpha value is -4.80. The number of ether oxygens (including phenoxy) is 3. The number of hydrogen-bond acceptors (Lipinski definition) is 8. The Morgan fingerprint density at radius 2 is 1.59 bits per heavy atom. The van der Waals surface area contributed by atoms with Crippen molar-refractivity contribution in [3.63, 3.8) is 0 Å². The van der Waals surface area contributed by atoms with Gasteiger partial charge in [-0.05, 0) is 43.2 Å². The molecule has 37 heavy (non-hydrogen) atoms. The summed E-state index contributed by atoms with van der Waals surface area (Å²) in [4.78, 5) is 38.6. The summed E-state index contributed by atoms with van der Waals surface area (Å²) >= 11 is 0. The van der Waals surface area contributed by atoms with E-state index >= 15 is 0 Å². The van der Waals surface area contributed by atoms with E-state index in [1.807, 2.05) is 0 Å². The SMILES string of the molecule is COc1cc2nccc(Oc3ccc(NC(=O)C4(C(=O)Nc5ccc(F)cc5)CC4)cn3)c2nc1OC. The molecule has 0 bridgehead atoms. The average molecular weight is 503 g/mol. The molecule has 1 saturated carbocycles. The Labute approximate surface area is 210 Å². The Bertz CT molecular complexity index is 1470. The molecule has 2 N–H and O–H groups in total. The van der Waals surface area contributed by atoms with Crippen LogP contribution in [0, 0.1) is 11.2 Å². The zero-order valence-corrected chi connectivity index (χ0v) is 19.9. The van der Waals surface area contributed by atoms with Crippen LogP contribution in [-0.2, 0) is 9.59 Å². The van der Waals surface area contributed by atoms with E-state index in [9.17, 15) is 14.0 Å². The first-order chi connectivity index (χ1) is 17.9. The monoisotopic (exact) mass is 503 g/mol. The Morgan fingerprint density at radius 3 is 2.22 bits per heavy atom. The van der Waals surface area contributed by atoms with Gasteiger partial charge in [-0.1, -0.05) is 0 Å². The lowest BCUT2D eigenvalue weighted by molar-refractivity contribution is -0.131. The molecule has 5 rings (SSSR count). The van der Waals surface area contributed by atoms with Gasteiger partial charge in [0.1, 0.15) is 16.7 Å². The van der Waals surface area contributed by atoms with Crippen LogP contribution in [0.3, 0.4) is 0 Å². The van der Waals surface area contributed by atoms with Crippen LogP contribution in [0.1, 0.15) is 12.8 Å². The van der Waals surface area contributed by atoms with E-state index in [1.54, 1.807) is 30.5 Å². The molecule has 0 atom stereocenters. The molecular formula is C26H22FN5O5. The minimum Gasteiger partial charge on any atom is -0.491 e. The number of anilines is 2. The lowest BCUT2D eigenvalue weighted by atomic mass is 10.0. The number of benzene rings is 1. The molecule has 0 aliphatic heterocycles. The summed E-state index contributed by atoms with van der Waals surface area (Å²) in [7, 11) is 3.00. The molecule has 1 aliphatic rings. The standard InChI is InChI=1S/C26H22FN5O5/c1-35-20-13-18-22(32-23(20)36-2)19(9-12-28-18)37-21-8-7-17(14-29-21)31-25(34)26(10-11-26)24(33)30-16-5-3-15(27)4-6-16/h3-9,12-14H,10-11H2,1-2H3,(H,30,33)(H,31,34). The highest BCUT2D eigenvalue weighted by molar-refractivity contribution is 6.16. The van der Waals surface area contributed by atoms with E-state index < -0.39 is 23.0 Å². The number of rotatable bonds is 8. The summed E-state index contributed by atoms with van der Waals surface area (Å²) in [6, 6.07) is 11.9. The van der Waals surface area contributed by atoms with Gasteiger partial charge in [-0.25, -0.2) is 14.4 Å². The number of nitrogens with one attached hydrogen (secondary N) is 2. The van der Waals surface area contributed by atoms with Crippen LogP contribution < -0.4 is 24.8 Å². The predicted octanol–water partition coefficient (Wildman–Crippen LogP) is 4.33. The fraction of sp³-hybridized carbons (Fsp3) is 0.192. The van der Waals surface area contributed by atoms with Crippen molar-refractivity contribution in [1.82, 2.24) is 15.0 Å². The summed E-state index contributed by atoms with van der Waals surface area (Å²) in [5.74, 6) is 0.114. The van der Waals surface area contributed by atoms with Gasteiger partial charge >= 0.3 is 0 Å². The molecule has 10 nitrogen and oxygen atoms in total. The van der Waals surface area contributed by atoms with E-state index in [0.29, 0.717) is 46.7 Å². The van der Waals surface area contributed by atoms with Crippen LogP contribution in [-0.4, -0.2) is 41.0 Å². The molecule has 0 spiro atoms. The number of aromatic nitrogens is 3. The van der Waals surface area contributed by atoms with Crippen LogP contribution in [0.4, 0.5) is 15.8 Å². The molecule has 0 radical (unpaired) electrons. The van der Waals surface area contributed by atoms with Gasteiger partial charge in [0.2, 0.25) is 17.7 Å². The summed E-state index contributed by atoms with van der Waals surface area (Å²) in [5.41, 5.74) is 0.658. The molecule has 1 aromatic carbocycles. The second kappa shape index (κ2) is 9.69. The predicted molar refractivity (Wildman–Crippen MR) is 132 cm³/mol. The lowest BCUT2D eigenvalue weighted by Crippen LogP contribution is -2.35. The third-order valence-corrected chi connectivity index (χ3v) is 5.95. The molecule has 0 unspecified atom stereocenters. The van der Waals surface area contributed by atoms with Gasteiger partial charge in [0.15, 0.2) is 11.5 Å². The van der Waals surface area contributed by atoms with Crippen molar-refractivity contribution in [2.45, 2.75) is 12.8 Å². The number of nitrogens with zero attached hydrogens (tertiary/aromatic N) is 3. The van der Waals surface area contributed by atoms with Crippen molar-refractivity contribution >= 4 is 34.2 Å². The van der Waals surface area contributed by atoms with Crippen LogP contribution >= 0.6 is 0 Å². The smallest absolute Gasteiger partial charge is 0.257 e. The molecule has 4 aromatic rings. The van der Waals surface area contributed by atoms with Crippen LogP contribution in [0.15, 0.2) is 60.9 Å². The topological polar surface area (TPSA) is 125 Å². The maximum absolute atomic E-state index is 13.1. The highest BCUT2D eigenvalue weighted by Crippen LogP contribution is 2.47. The number of amides is 2. The van der Waals surface area contributed by atoms with E-state index in [1.165, 1.54) is 44.7 Å². The van der Waals surface area contributed by atoms with Gasteiger partial charge in [0, 0.05) is 30.1 Å². The number of carbonyl (C=O) groups is 2. The third-order valence-electron chi connectivity index (χ3n) is 5.95. The van der Waals surface area contributed by atoms with Gasteiger partial charge in [-0.3, -0.25) is 14.6 Å². The largest absolute Gasteiger partial charge is 0.491 e. The minimum atomic E-state index is -1.18. The van der Waals surface area contributed by atoms with Crippen molar-refractivity contribution in [3.8, 4) is 23.3 Å². The fourth-order valence-electron chi connectivity index (χ4n) is 3.73. The van der Waals surface area contributed by atoms with Gasteiger partial charge in [-0.2, -0.15) is 0 Å². The number of methoxy groups -OCH3 is 2. The van der Waals surface area contributed by atoms with Crippen molar-refractivity contribution in [1.29, 1.82) is 0 Å². The molecule has 1 aliphatic carbocycles. The van der Waals surface area contributed by atoms with Crippen molar-refractivity contribution in [2.75, 3.05) is 24.9 Å². The number of hydrogen-bond donors (Lipinski definition) is 2. The van der Waals surface area contributed by atoms with Gasteiger partial charge in [0.25, 0.3) is 5.88 Å². The first-order valence-corrected chi connectivity index (χ1v) is 11.3. The van der Waals surface area contributed by atoms with Gasteiger partial charge < -0.3 is 24.8 Å². The molecular weight excluding hydrogens is 481 g/mol. The lowest BCUT2D eigenvalue weighted by Gasteiger charge is -2.15. The quantitative estimate of drug-likeness (QED) is 0.341. The summed E-state index contributed by atoms with van der Waals surface area (Å²) in [6.45, 7) is 0. The summed E-state index contributed by atoms with van der Waals surface area (Å²) in [6.07, 6.45) is 3.83. The van der Waals surface area contributed by atoms with E-state index in [2.05, 4.69) is 25.6 Å². The number of carbonyl (C=O) groups excluding carboxylic acids is 2. The maximum Gasteiger partial charge on any atom is 0.257 e. The summed E-state index contributed by atoms with van der Waals surface area (Å²) < 4.78 is 29.6. The minimum absolute atomic E-state index is 0.261. The van der Waals surface area contributed by atoms with E-state index in [0.717, 1.165) is 0 Å². The second-order valence-electron chi connectivity index (χ2n) is 8.36. The highest BCUT2D eigenvalue weighted by Gasteiger charge is 2.56. The molecule has 1 fully saturated rings. The molecule has 11 heteroatoms. The normalized spacial score (nSPS) is 13.5. The average Bonchev–Trinajstić information content (AvgIpc) is 3.73. The van der Waals surface area contributed by atoms with Crippen LogP contribution in [0.2, 0.25) is 0 Å². The number of halogens is 1. The molecule has 3 aromatic heterocycles. The first-order valence-electron chi connectivity index (χ1n) is 11.3. The van der Waals surface area contributed by atoms with Crippen molar-refractivity contribution in [2.24, 2.45) is 5.41 Å². The number of fused-ring (bicyclic) bond motifs is 1. The summed E-state index contributed by atoms with van der Waals surface area (Å²) in [5, 5.41) is 5.41. The van der Waals surface area contributed by atoms with Crippen LogP contribution in [0.25, 0.3) is 11.0 Å². The Balaban J connectivity index is 1.27. The maximum atomic E-state index is 13.1. The Morgan fingerprint density at radius 1 is 0.892 bits per heavy atom. The number of pyridine rings is 3. The van der Waals surface area contributed by atoms with E-state index in [-0.39, 0.29) is 11.8 Å². The Kier molecular flexibility index (Phi) is 6.26. The van der Waals surface area contributed by atoms with Gasteiger partial charge in [0.05, 0.1) is 31.6 Å². The van der Waals surface area contributed by atoms with Gasteiger partial charge in [-0.15, -0.1) is 0 Å². The third kappa shape index (κ3) is 4.83. The van der Waals surface area contributed by atoms with Crippen LogP contribution in [0.5, 0.6) is 23.3 Å². The van der Waals surface area contributed by atoms with Crippen molar-refractivity contribution in [3.05, 3.63) is 66.7 Å².